The Labute approximate surface area is 248 Å². The highest BCUT2D eigenvalue weighted by Gasteiger charge is 2.41. The molecule has 0 saturated carbocycles. The number of nitrogens with two attached hydrogens (primary N) is 1. The van der Waals surface area contributed by atoms with E-state index < -0.39 is 11.9 Å². The summed E-state index contributed by atoms with van der Waals surface area (Å²) in [7, 11) is 1.30. The molecule has 2 heterocycles. The Balaban J connectivity index is 1.36. The van der Waals surface area contributed by atoms with Crippen LogP contribution in [0, 0.1) is 11.3 Å². The van der Waals surface area contributed by atoms with Gasteiger partial charge in [0.25, 0.3) is 0 Å². The van der Waals surface area contributed by atoms with E-state index in [-0.39, 0.29) is 28.8 Å². The van der Waals surface area contributed by atoms with Crippen molar-refractivity contribution in [2.24, 2.45) is 5.73 Å². The van der Waals surface area contributed by atoms with E-state index >= 15 is 0 Å². The average molecular weight is 607 g/mol. The summed E-state index contributed by atoms with van der Waals surface area (Å²) in [4.78, 5) is 39.0. The number of amides is 1. The highest BCUT2D eigenvalue weighted by atomic mass is 35.5. The summed E-state index contributed by atoms with van der Waals surface area (Å²) >= 11 is 8.91. The van der Waals surface area contributed by atoms with Crippen molar-refractivity contribution in [1.29, 1.82) is 5.26 Å². The van der Waals surface area contributed by atoms with Gasteiger partial charge in [-0.15, -0.1) is 10.2 Å². The SMILES string of the molecule is COC(=O)c1ccc(NC(=O)CSc2nnc(N3C(N)=C(C#N)C(c4ccccc4Cl)C4=C3CCCC4=O)s2)cc1. The van der Waals surface area contributed by atoms with Crippen molar-refractivity contribution in [3.8, 4) is 6.07 Å². The maximum Gasteiger partial charge on any atom is 0.337 e. The number of Topliss-reactive ketones (excluding diaryl/α,β-unsaturated/α-hetero) is 1. The summed E-state index contributed by atoms with van der Waals surface area (Å²) in [5, 5.41) is 22.3. The lowest BCUT2D eigenvalue weighted by Crippen LogP contribution is -2.38. The number of nitrogens with one attached hydrogen (secondary N) is 1. The smallest absolute Gasteiger partial charge is 0.337 e. The average Bonchev–Trinajstić information content (AvgIpc) is 3.44. The monoisotopic (exact) mass is 606 g/mol. The van der Waals surface area contributed by atoms with Crippen LogP contribution in [0.1, 0.15) is 41.1 Å². The number of ketones is 1. The van der Waals surface area contributed by atoms with Gasteiger partial charge in [0.2, 0.25) is 11.0 Å². The molecule has 10 nitrogen and oxygen atoms in total. The van der Waals surface area contributed by atoms with Gasteiger partial charge in [0.15, 0.2) is 10.1 Å². The van der Waals surface area contributed by atoms with Crippen LogP contribution >= 0.6 is 34.7 Å². The predicted octanol–water partition coefficient (Wildman–Crippen LogP) is 5.01. The van der Waals surface area contributed by atoms with Crippen molar-refractivity contribution >= 4 is 63.2 Å². The first-order chi connectivity index (χ1) is 19.8. The lowest BCUT2D eigenvalue weighted by Gasteiger charge is -2.38. The number of methoxy groups -OCH3 is 1. The van der Waals surface area contributed by atoms with Crippen LogP contribution in [0.5, 0.6) is 0 Å². The first kappa shape index (κ1) is 28.4. The van der Waals surface area contributed by atoms with E-state index in [0.717, 1.165) is 0 Å². The number of nitrogens with zero attached hydrogens (tertiary/aromatic N) is 4. The van der Waals surface area contributed by atoms with Gasteiger partial charge in [0.05, 0.1) is 36.0 Å². The second kappa shape index (κ2) is 12.1. The van der Waals surface area contributed by atoms with Gasteiger partial charge in [-0.05, 0) is 48.7 Å². The van der Waals surface area contributed by atoms with Gasteiger partial charge < -0.3 is 15.8 Å². The van der Waals surface area contributed by atoms with E-state index in [0.29, 0.717) is 61.8 Å². The maximum absolute atomic E-state index is 13.3. The number of rotatable bonds is 7. The molecule has 0 bridgehead atoms. The predicted molar refractivity (Wildman–Crippen MR) is 156 cm³/mol. The standard InChI is InChI=1S/C28H23ClN6O4S2/c1-39-26(38)15-9-11-16(12-10-15)32-22(37)14-40-28-34-33-27(41-28)35-20-7-4-8-21(36)24(20)23(18(13-30)25(35)31)17-5-2-3-6-19(17)29/h2-3,5-6,9-12,23H,4,7-8,14,31H2,1H3,(H,32,37). The van der Waals surface area contributed by atoms with Crippen LogP contribution in [0.4, 0.5) is 10.8 Å². The van der Waals surface area contributed by atoms with Gasteiger partial charge >= 0.3 is 5.97 Å². The highest BCUT2D eigenvalue weighted by Crippen LogP contribution is 2.48. The van der Waals surface area contributed by atoms with E-state index in [1.807, 2.05) is 6.07 Å². The number of hydrogen-bond donors (Lipinski definition) is 2. The van der Waals surface area contributed by atoms with Crippen LogP contribution in [0.15, 0.2) is 75.5 Å². The maximum atomic E-state index is 13.3. The van der Waals surface area contributed by atoms with E-state index in [4.69, 9.17) is 17.3 Å². The van der Waals surface area contributed by atoms with Crippen LogP contribution in [-0.2, 0) is 14.3 Å². The molecule has 0 spiro atoms. The third-order valence-electron chi connectivity index (χ3n) is 6.63. The summed E-state index contributed by atoms with van der Waals surface area (Å²) < 4.78 is 5.19. The third kappa shape index (κ3) is 5.69. The molecule has 1 unspecified atom stereocenters. The number of allylic oxidation sites excluding steroid dienone is 3. The molecule has 0 radical (unpaired) electrons. The molecule has 208 valence electrons. The molecule has 3 N–H and O–H groups in total. The number of ether oxygens (including phenoxy) is 1. The topological polar surface area (TPSA) is 151 Å². The summed E-state index contributed by atoms with van der Waals surface area (Å²) in [6, 6.07) is 15.7. The number of carbonyl (C=O) groups excluding carboxylic acids is 3. The van der Waals surface area contributed by atoms with E-state index in [2.05, 4.69) is 26.3 Å². The van der Waals surface area contributed by atoms with Crippen molar-refractivity contribution in [1.82, 2.24) is 10.2 Å². The molecule has 1 aliphatic heterocycles. The third-order valence-corrected chi connectivity index (χ3v) is 9.02. The molecule has 13 heteroatoms. The zero-order valence-corrected chi connectivity index (χ0v) is 24.1. The van der Waals surface area contributed by atoms with Crippen LogP contribution in [-0.4, -0.2) is 40.7 Å². The van der Waals surface area contributed by atoms with Crippen molar-refractivity contribution in [3.63, 3.8) is 0 Å². The number of hydrogen-bond acceptors (Lipinski definition) is 11. The molecule has 1 atom stereocenters. The Kier molecular flexibility index (Phi) is 8.39. The summed E-state index contributed by atoms with van der Waals surface area (Å²) in [5.41, 5.74) is 9.54. The molecule has 41 heavy (non-hydrogen) atoms. The van der Waals surface area contributed by atoms with Crippen molar-refractivity contribution < 1.29 is 19.1 Å². The Bertz CT molecular complexity index is 1640. The van der Waals surface area contributed by atoms with Crippen LogP contribution in [0.3, 0.4) is 0 Å². The molecule has 1 amide bonds. The molecule has 1 aliphatic carbocycles. The number of halogens is 1. The molecule has 0 fully saturated rings. The molecular weight excluding hydrogens is 584 g/mol. The number of anilines is 2. The van der Waals surface area contributed by atoms with Gasteiger partial charge in [-0.1, -0.05) is 52.9 Å². The fourth-order valence-electron chi connectivity index (χ4n) is 4.81. The minimum atomic E-state index is -0.667. The second-order valence-corrected chi connectivity index (χ2v) is 11.7. The zero-order chi connectivity index (χ0) is 29.1. The van der Waals surface area contributed by atoms with E-state index in [1.54, 1.807) is 47.4 Å². The summed E-state index contributed by atoms with van der Waals surface area (Å²) in [6.07, 6.45) is 1.57. The Hall–Kier alpha value is -4.18. The lowest BCUT2D eigenvalue weighted by molar-refractivity contribution is -0.116. The van der Waals surface area contributed by atoms with Crippen molar-refractivity contribution in [2.75, 3.05) is 23.1 Å². The highest BCUT2D eigenvalue weighted by molar-refractivity contribution is 8.01. The second-order valence-electron chi connectivity index (χ2n) is 9.09. The normalized spacial score (nSPS) is 16.8. The van der Waals surface area contributed by atoms with Gasteiger partial charge in [0.1, 0.15) is 5.82 Å². The zero-order valence-electron chi connectivity index (χ0n) is 21.7. The molecule has 1 aromatic heterocycles. The number of carbonyl (C=O) groups is 3. The minimum absolute atomic E-state index is 0.0585. The largest absolute Gasteiger partial charge is 0.465 e. The van der Waals surface area contributed by atoms with Gasteiger partial charge in [0, 0.05) is 28.4 Å². The van der Waals surface area contributed by atoms with Crippen molar-refractivity contribution in [3.05, 3.63) is 87.3 Å². The number of esters is 1. The number of benzene rings is 2. The van der Waals surface area contributed by atoms with Gasteiger partial charge in [-0.25, -0.2) is 4.79 Å². The first-order valence-electron chi connectivity index (χ1n) is 12.5. The van der Waals surface area contributed by atoms with E-state index in [1.165, 1.54) is 30.2 Å². The molecule has 2 aromatic carbocycles. The quantitative estimate of drug-likeness (QED) is 0.277. The van der Waals surface area contributed by atoms with Crippen molar-refractivity contribution in [2.45, 2.75) is 29.5 Å². The van der Waals surface area contributed by atoms with Crippen LogP contribution < -0.4 is 16.0 Å². The minimum Gasteiger partial charge on any atom is -0.465 e. The molecular formula is C28H23ClN6O4S2. The molecule has 3 aromatic rings. The number of thioether (sulfide) groups is 1. The van der Waals surface area contributed by atoms with Gasteiger partial charge in [-0.3, -0.25) is 14.5 Å². The Morgan fingerprint density at radius 1 is 1.22 bits per heavy atom. The first-order valence-corrected chi connectivity index (χ1v) is 14.7. The Morgan fingerprint density at radius 3 is 2.68 bits per heavy atom. The lowest BCUT2D eigenvalue weighted by atomic mass is 9.76. The fourth-order valence-corrected chi connectivity index (χ4v) is 6.73. The van der Waals surface area contributed by atoms with E-state index in [9.17, 15) is 19.6 Å². The van der Waals surface area contributed by atoms with Crippen LogP contribution in [0.2, 0.25) is 5.02 Å². The summed E-state index contributed by atoms with van der Waals surface area (Å²) in [6.45, 7) is 0. The molecule has 2 aliphatic rings. The number of aromatic nitrogens is 2. The summed E-state index contributed by atoms with van der Waals surface area (Å²) in [5.74, 6) is -1.23. The van der Waals surface area contributed by atoms with Gasteiger partial charge in [-0.2, -0.15) is 5.26 Å². The van der Waals surface area contributed by atoms with Crippen LogP contribution in [0.25, 0.3) is 0 Å². The molecule has 5 rings (SSSR count). The fraction of sp³-hybridized carbons (Fsp3) is 0.214. The molecule has 0 saturated heterocycles. The number of nitriles is 1. The Morgan fingerprint density at radius 2 is 1.98 bits per heavy atom.